The highest BCUT2D eigenvalue weighted by molar-refractivity contribution is 5.90. The van der Waals surface area contributed by atoms with E-state index in [-0.39, 0.29) is 0 Å². The predicted octanol–water partition coefficient (Wildman–Crippen LogP) is 31.0. The number of nitrogens with zero attached hydrogens (tertiary/aromatic N) is 8. The Hall–Kier alpha value is -11.0. The van der Waals surface area contributed by atoms with Gasteiger partial charge in [0, 0.05) is 122 Å². The molecule has 112 heavy (non-hydrogen) atoms. The van der Waals surface area contributed by atoms with Gasteiger partial charge in [0.05, 0.1) is 16.6 Å². The summed E-state index contributed by atoms with van der Waals surface area (Å²) >= 11 is 0. The van der Waals surface area contributed by atoms with Crippen LogP contribution in [0.5, 0.6) is 0 Å². The zero-order chi connectivity index (χ0) is 84.4. The van der Waals surface area contributed by atoms with Crippen LogP contribution in [0.4, 0.5) is 0 Å². The van der Waals surface area contributed by atoms with Gasteiger partial charge in [0.1, 0.15) is 0 Å². The van der Waals surface area contributed by atoms with E-state index in [0.717, 1.165) is 39.3 Å². The quantitative estimate of drug-likeness (QED) is 0.148. The number of aryl methyl sites for hydroxylation is 16. The third-order valence-corrected chi connectivity index (χ3v) is 17.2. The van der Waals surface area contributed by atoms with E-state index in [2.05, 4.69) is 293 Å². The molecule has 8 heteroatoms. The number of hydrogen-bond acceptors (Lipinski definition) is 8. The van der Waals surface area contributed by atoms with Crippen LogP contribution in [0.25, 0.3) is 86.6 Å². The van der Waals surface area contributed by atoms with Crippen LogP contribution in [0.3, 0.4) is 0 Å². The molecule has 0 atom stereocenters. The third kappa shape index (κ3) is 30.7. The molecule has 8 heterocycles. The van der Waals surface area contributed by atoms with Crippen LogP contribution in [0.15, 0.2) is 244 Å². The van der Waals surface area contributed by atoms with E-state index in [9.17, 15) is 0 Å². The summed E-state index contributed by atoms with van der Waals surface area (Å²) in [4.78, 5) is 34.2. The van der Waals surface area contributed by atoms with Gasteiger partial charge in [0.25, 0.3) is 0 Å². The minimum atomic E-state index is 1.08. The van der Waals surface area contributed by atoms with Crippen molar-refractivity contribution in [2.45, 2.75) is 222 Å². The Labute approximate surface area is 677 Å². The summed E-state index contributed by atoms with van der Waals surface area (Å²) in [7, 11) is 0. The fourth-order valence-electron chi connectivity index (χ4n) is 11.6. The lowest BCUT2D eigenvalue weighted by Crippen LogP contribution is -1.84. The number of aromatic nitrogens is 8. The molecule has 0 aliphatic carbocycles. The van der Waals surface area contributed by atoms with Crippen LogP contribution < -0.4 is 0 Å². The van der Waals surface area contributed by atoms with Crippen molar-refractivity contribution in [1.82, 2.24) is 39.9 Å². The first-order valence-corrected chi connectivity index (χ1v) is 40.7. The van der Waals surface area contributed by atoms with Crippen molar-refractivity contribution in [3.8, 4) is 0 Å². The molecule has 0 radical (unpaired) electrons. The molecule has 8 aromatic carbocycles. The lowest BCUT2D eigenvalue weighted by atomic mass is 10.1. The van der Waals surface area contributed by atoms with Gasteiger partial charge in [0.15, 0.2) is 0 Å². The Balaban J connectivity index is 0.000000623. The summed E-state index contributed by atoms with van der Waals surface area (Å²) in [5.41, 5.74) is 23.0. The second-order valence-corrected chi connectivity index (χ2v) is 25.0. The lowest BCUT2D eigenvalue weighted by molar-refractivity contribution is 1.22. The number of fused-ring (bicyclic) bond motifs is 8. The highest BCUT2D eigenvalue weighted by Crippen LogP contribution is 2.25. The van der Waals surface area contributed by atoms with E-state index in [0.29, 0.717) is 0 Å². The van der Waals surface area contributed by atoms with Gasteiger partial charge in [-0.25, -0.2) is 0 Å². The van der Waals surface area contributed by atoms with Crippen molar-refractivity contribution in [1.29, 1.82) is 0 Å². The summed E-state index contributed by atoms with van der Waals surface area (Å²) in [5.74, 6) is 0. The normalized spacial score (nSPS) is 9.43. The molecule has 0 amide bonds. The molecular weight excluding hydrogens is 1360 g/mol. The van der Waals surface area contributed by atoms with Gasteiger partial charge in [-0.3, -0.25) is 39.9 Å². The van der Waals surface area contributed by atoms with Crippen molar-refractivity contribution in [2.75, 3.05) is 0 Å². The fourth-order valence-corrected chi connectivity index (χ4v) is 11.6. The van der Waals surface area contributed by atoms with E-state index < -0.39 is 0 Å². The van der Waals surface area contributed by atoms with Crippen molar-refractivity contribution in [3.63, 3.8) is 0 Å². The number of para-hydroxylation sites is 1. The van der Waals surface area contributed by atoms with E-state index >= 15 is 0 Å². The van der Waals surface area contributed by atoms with E-state index in [4.69, 9.17) is 0 Å². The summed E-state index contributed by atoms with van der Waals surface area (Å²) in [5, 5.41) is 16.5. The molecule has 0 N–H and O–H groups in total. The molecular formula is C104H136N8. The highest BCUT2D eigenvalue weighted by Gasteiger charge is 2.04. The van der Waals surface area contributed by atoms with E-state index in [1.807, 2.05) is 212 Å². The topological polar surface area (TPSA) is 103 Å². The smallest absolute Gasteiger partial charge is 0.0733 e. The third-order valence-electron chi connectivity index (χ3n) is 17.2. The molecule has 0 saturated heterocycles. The standard InChI is InChI=1S/8C11H11N.8C2H6/c1-8-3-4-11-9(2)6-12-7-10(11)5-8;1-8-3-4-11-9(2)12-6-5-10(11)7-8;1-8-3-4-10-9(2)5-6-12-11(10)7-8;1-8-4-3-5-10-9(2)6-12-7-11(8)10;1-8-4-3-5-10-6-9(2)12-7-11(8)10;1-8-6-7-12-11-9(2)4-3-5-10(8)11;1-8-4-3-5-11-9(2)12-7-6-10(8)11;1-8-4-3-5-11-10(8)7-6-9(2)12-11;8*1-2/h8*3-7H,1-2H3;8*1-2H3. The number of hydrogen-bond donors (Lipinski definition) is 0. The molecule has 16 rings (SSSR count). The van der Waals surface area contributed by atoms with Gasteiger partial charge >= 0.3 is 0 Å². The maximum absolute atomic E-state index is 4.44. The Morgan fingerprint density at radius 3 is 1.19 bits per heavy atom. The number of pyridine rings is 8. The van der Waals surface area contributed by atoms with Gasteiger partial charge in [-0.2, -0.15) is 0 Å². The van der Waals surface area contributed by atoms with Gasteiger partial charge in [0.2, 0.25) is 0 Å². The summed E-state index contributed by atoms with van der Waals surface area (Å²) in [6.45, 7) is 65.4. The SMILES string of the molecule is CC.CC.CC.CC.CC.CC.CC.CC.Cc1cc2cccc(C)c2cn1.Cc1ccc2c(C)cccc2n1.Cc1ccc2c(C)ccnc2c1.Cc1ccc2c(C)cncc2c1.Cc1ccc2c(C)nccc2c1.Cc1cccc2c(C)nccc12.Cc1ccnc2c(C)cccc12.Cc1cncc2c(C)cccc12. The van der Waals surface area contributed by atoms with Crippen molar-refractivity contribution in [2.24, 2.45) is 0 Å². The second kappa shape index (κ2) is 55.4. The molecule has 0 fully saturated rings. The van der Waals surface area contributed by atoms with Crippen LogP contribution in [0.2, 0.25) is 0 Å². The molecule has 8 nitrogen and oxygen atoms in total. The zero-order valence-corrected chi connectivity index (χ0v) is 74.7. The first-order valence-electron chi connectivity index (χ1n) is 40.7. The van der Waals surface area contributed by atoms with Crippen LogP contribution >= 0.6 is 0 Å². The van der Waals surface area contributed by atoms with Crippen LogP contribution in [0.1, 0.15) is 200 Å². The average Bonchev–Trinajstić information content (AvgIpc) is 0.808. The molecule has 0 saturated carbocycles. The Bertz CT molecular complexity index is 4540. The van der Waals surface area contributed by atoms with Crippen molar-refractivity contribution >= 4 is 86.6 Å². The molecule has 0 aliphatic heterocycles. The molecule has 0 aliphatic rings. The van der Waals surface area contributed by atoms with Crippen molar-refractivity contribution in [3.05, 3.63) is 333 Å². The average molecular weight is 1500 g/mol. The molecule has 0 unspecified atom stereocenters. The maximum atomic E-state index is 4.44. The van der Waals surface area contributed by atoms with Crippen molar-refractivity contribution < 1.29 is 0 Å². The summed E-state index contributed by atoms with van der Waals surface area (Å²) < 4.78 is 0. The second-order valence-electron chi connectivity index (χ2n) is 25.0. The minimum absolute atomic E-state index is 1.08. The van der Waals surface area contributed by atoms with E-state index in [1.165, 1.54) is 137 Å². The van der Waals surface area contributed by atoms with Crippen LogP contribution in [0, 0.1) is 111 Å². The lowest BCUT2D eigenvalue weighted by Gasteiger charge is -2.02. The van der Waals surface area contributed by atoms with Gasteiger partial charge < -0.3 is 0 Å². The zero-order valence-electron chi connectivity index (χ0n) is 74.7. The predicted molar refractivity (Wildman–Crippen MR) is 501 cm³/mol. The molecule has 8 aromatic heterocycles. The molecule has 592 valence electrons. The molecule has 0 spiro atoms. The summed E-state index contributed by atoms with van der Waals surface area (Å²) in [6.07, 6.45) is 17.0. The minimum Gasteiger partial charge on any atom is -0.264 e. The van der Waals surface area contributed by atoms with Crippen LogP contribution in [-0.2, 0) is 0 Å². The first kappa shape index (κ1) is 99.0. The Kier molecular flexibility index (Phi) is 49.0. The van der Waals surface area contributed by atoms with Gasteiger partial charge in [-0.05, 0) is 248 Å². The molecule has 0 bridgehead atoms. The fraction of sp³-hybridized carbons (Fsp3) is 0.308. The first-order chi connectivity index (χ1) is 54.2. The van der Waals surface area contributed by atoms with E-state index in [1.54, 1.807) is 0 Å². The summed E-state index contributed by atoms with van der Waals surface area (Å²) in [6, 6.07) is 65.2. The maximum Gasteiger partial charge on any atom is 0.0733 e. The van der Waals surface area contributed by atoms with Gasteiger partial charge in [-0.1, -0.05) is 255 Å². The largest absolute Gasteiger partial charge is 0.264 e. The number of rotatable bonds is 0. The number of benzene rings is 8. The highest BCUT2D eigenvalue weighted by atomic mass is 14.7. The molecule has 16 aromatic rings. The Morgan fingerprint density at radius 1 is 0.196 bits per heavy atom. The van der Waals surface area contributed by atoms with Gasteiger partial charge in [-0.15, -0.1) is 0 Å². The Morgan fingerprint density at radius 2 is 0.598 bits per heavy atom. The monoisotopic (exact) mass is 1500 g/mol. The van der Waals surface area contributed by atoms with Crippen LogP contribution in [-0.4, -0.2) is 39.9 Å².